The Kier molecular flexibility index (Phi) is 5.41. The van der Waals surface area contributed by atoms with Crippen molar-refractivity contribution in [3.05, 3.63) is 81.3 Å². The van der Waals surface area contributed by atoms with E-state index < -0.39 is 5.97 Å². The highest BCUT2D eigenvalue weighted by molar-refractivity contribution is 7.21. The summed E-state index contributed by atoms with van der Waals surface area (Å²) in [5, 5.41) is 9.83. The molecule has 2 aliphatic rings. The summed E-state index contributed by atoms with van der Waals surface area (Å²) in [6, 6.07) is 10.7. The van der Waals surface area contributed by atoms with E-state index in [1.54, 1.807) is 24.4 Å². The van der Waals surface area contributed by atoms with Crippen LogP contribution in [0.2, 0.25) is 5.02 Å². The van der Waals surface area contributed by atoms with Crippen molar-refractivity contribution in [1.29, 1.82) is 0 Å². The van der Waals surface area contributed by atoms with Crippen LogP contribution in [0, 0.1) is 10.8 Å². The highest BCUT2D eigenvalue weighted by Crippen LogP contribution is 2.55. The Morgan fingerprint density at radius 3 is 2.53 bits per heavy atom. The van der Waals surface area contributed by atoms with Crippen LogP contribution < -0.4 is 0 Å². The average Bonchev–Trinajstić information content (AvgIpc) is 3.24. The molecule has 5 nitrogen and oxygen atoms in total. The summed E-state index contributed by atoms with van der Waals surface area (Å²) in [5.74, 6) is -0.917. The van der Waals surface area contributed by atoms with Gasteiger partial charge in [0, 0.05) is 30.1 Å². The van der Waals surface area contributed by atoms with E-state index in [1.807, 2.05) is 23.1 Å². The number of halogens is 1. The van der Waals surface area contributed by atoms with Crippen molar-refractivity contribution in [2.24, 2.45) is 10.8 Å². The Labute approximate surface area is 207 Å². The standard InChI is InChI=1S/C27H25ClN2O3S/c1-26(2)18(16-4-6-17(7-5-16)25(32)33)8-11-27(3)15-30(13-10-22(26)27)24(31)21-14-20-23(34-21)19(28)9-12-29-20/h4-10,12,14H,11,13,15H2,1-3H3,(H,32,33)/t27-/m1/s1. The number of fused-ring (bicyclic) bond motifs is 2. The lowest BCUT2D eigenvalue weighted by Crippen LogP contribution is -2.48. The first-order valence-electron chi connectivity index (χ1n) is 11.2. The minimum absolute atomic E-state index is 0.00688. The van der Waals surface area contributed by atoms with Crippen LogP contribution in [0.25, 0.3) is 15.8 Å². The maximum Gasteiger partial charge on any atom is 0.335 e. The molecule has 0 saturated heterocycles. The molecule has 1 aliphatic carbocycles. The number of rotatable bonds is 3. The van der Waals surface area contributed by atoms with E-state index in [-0.39, 0.29) is 22.3 Å². The van der Waals surface area contributed by atoms with E-state index in [9.17, 15) is 14.7 Å². The van der Waals surface area contributed by atoms with E-state index in [4.69, 9.17) is 11.6 Å². The zero-order valence-corrected chi connectivity index (χ0v) is 20.8. The second kappa shape index (κ2) is 8.07. The van der Waals surface area contributed by atoms with E-state index in [0.717, 1.165) is 22.2 Å². The van der Waals surface area contributed by atoms with Crippen molar-refractivity contribution in [2.45, 2.75) is 27.2 Å². The number of carboxylic acid groups (broad SMARTS) is 1. The van der Waals surface area contributed by atoms with E-state index in [0.29, 0.717) is 23.0 Å². The van der Waals surface area contributed by atoms with Crippen LogP contribution in [0.4, 0.5) is 0 Å². The van der Waals surface area contributed by atoms with Crippen LogP contribution in [-0.2, 0) is 0 Å². The molecule has 1 aliphatic heterocycles. The van der Waals surface area contributed by atoms with E-state index >= 15 is 0 Å². The first-order chi connectivity index (χ1) is 16.1. The van der Waals surface area contributed by atoms with Gasteiger partial charge in [-0.15, -0.1) is 11.3 Å². The molecule has 1 aromatic carbocycles. The number of carbonyl (C=O) groups excluding carboxylic acids is 1. The summed E-state index contributed by atoms with van der Waals surface area (Å²) >= 11 is 7.69. The number of allylic oxidation sites excluding steroid dienone is 2. The highest BCUT2D eigenvalue weighted by Gasteiger charge is 2.46. The fourth-order valence-corrected chi connectivity index (χ4v) is 6.78. The second-order valence-electron chi connectivity index (χ2n) is 9.81. The summed E-state index contributed by atoms with van der Waals surface area (Å²) in [4.78, 5) is 31.6. The molecule has 0 saturated carbocycles. The van der Waals surface area contributed by atoms with Gasteiger partial charge in [-0.25, -0.2) is 4.79 Å². The van der Waals surface area contributed by atoms with Crippen LogP contribution in [0.5, 0.6) is 0 Å². The maximum atomic E-state index is 13.4. The van der Waals surface area contributed by atoms with Gasteiger partial charge in [0.2, 0.25) is 0 Å². The fourth-order valence-electron chi connectivity index (χ4n) is 5.52. The van der Waals surface area contributed by atoms with Crippen LogP contribution in [-0.4, -0.2) is 40.0 Å². The lowest BCUT2D eigenvalue weighted by Gasteiger charge is -2.50. The molecule has 1 amide bonds. The molecule has 3 heterocycles. The van der Waals surface area contributed by atoms with Gasteiger partial charge < -0.3 is 10.0 Å². The molecule has 0 spiro atoms. The third-order valence-electron chi connectivity index (χ3n) is 7.11. The molecule has 0 bridgehead atoms. The summed E-state index contributed by atoms with van der Waals surface area (Å²) in [6.45, 7) is 7.84. The largest absolute Gasteiger partial charge is 0.478 e. The highest BCUT2D eigenvalue weighted by atomic mass is 35.5. The number of benzene rings is 1. The van der Waals surface area contributed by atoms with Gasteiger partial charge in [0.25, 0.3) is 5.91 Å². The predicted octanol–water partition coefficient (Wildman–Crippen LogP) is 6.55. The summed E-state index contributed by atoms with van der Waals surface area (Å²) in [6.07, 6.45) is 6.93. The summed E-state index contributed by atoms with van der Waals surface area (Å²) in [5.41, 5.74) is 4.18. The number of amides is 1. The first kappa shape index (κ1) is 22.8. The minimum Gasteiger partial charge on any atom is -0.478 e. The molecule has 1 atom stereocenters. The van der Waals surface area contributed by atoms with Crippen molar-refractivity contribution < 1.29 is 14.7 Å². The molecule has 2 aromatic heterocycles. The lowest BCUT2D eigenvalue weighted by molar-refractivity contribution is 0.0682. The Bertz CT molecular complexity index is 1390. The number of hydrogen-bond donors (Lipinski definition) is 1. The molecule has 0 unspecified atom stereocenters. The van der Waals surface area contributed by atoms with Gasteiger partial charge in [-0.3, -0.25) is 9.78 Å². The normalized spacial score (nSPS) is 21.6. The Morgan fingerprint density at radius 1 is 1.12 bits per heavy atom. The van der Waals surface area contributed by atoms with Crippen molar-refractivity contribution in [3.63, 3.8) is 0 Å². The molecule has 3 aromatic rings. The van der Waals surface area contributed by atoms with Gasteiger partial charge >= 0.3 is 5.97 Å². The summed E-state index contributed by atoms with van der Waals surface area (Å²) < 4.78 is 0.840. The molecule has 5 rings (SSSR count). The second-order valence-corrected chi connectivity index (χ2v) is 11.3. The zero-order valence-electron chi connectivity index (χ0n) is 19.3. The van der Waals surface area contributed by atoms with Crippen molar-refractivity contribution >= 4 is 50.6 Å². The number of aromatic nitrogens is 1. The van der Waals surface area contributed by atoms with E-state index in [2.05, 4.69) is 37.9 Å². The van der Waals surface area contributed by atoms with Crippen molar-refractivity contribution in [2.75, 3.05) is 13.1 Å². The molecule has 34 heavy (non-hydrogen) atoms. The molecule has 7 heteroatoms. The van der Waals surface area contributed by atoms with Crippen LogP contribution in [0.15, 0.2) is 60.3 Å². The third kappa shape index (κ3) is 3.65. The number of carbonyl (C=O) groups is 2. The maximum absolute atomic E-state index is 13.4. The topological polar surface area (TPSA) is 70.5 Å². The van der Waals surface area contributed by atoms with Crippen molar-refractivity contribution in [3.8, 4) is 0 Å². The van der Waals surface area contributed by atoms with Crippen LogP contribution >= 0.6 is 22.9 Å². The first-order valence-corrected chi connectivity index (χ1v) is 12.4. The predicted molar refractivity (Wildman–Crippen MR) is 136 cm³/mol. The number of nitrogens with zero attached hydrogens (tertiary/aromatic N) is 2. The van der Waals surface area contributed by atoms with Gasteiger partial charge in [0.15, 0.2) is 0 Å². The Hall–Kier alpha value is -2.96. The number of aromatic carboxylic acids is 1. The molecule has 0 radical (unpaired) electrons. The van der Waals surface area contributed by atoms with Crippen LogP contribution in [0.3, 0.4) is 0 Å². The number of hydrogen-bond acceptors (Lipinski definition) is 4. The van der Waals surface area contributed by atoms with Gasteiger partial charge in [0.1, 0.15) is 0 Å². The SMILES string of the molecule is CC1(C)C(c2ccc(C(=O)O)cc2)=CC[C@]2(C)CN(C(=O)c3cc4nccc(Cl)c4s3)CC=C12. The molecule has 0 fully saturated rings. The Morgan fingerprint density at radius 2 is 1.85 bits per heavy atom. The zero-order chi connectivity index (χ0) is 24.3. The molecular formula is C27H25ClN2O3S. The number of carboxylic acids is 1. The molecule has 1 N–H and O–H groups in total. The number of pyridine rings is 1. The van der Waals surface area contributed by atoms with Gasteiger partial charge in [-0.2, -0.15) is 0 Å². The minimum atomic E-state index is -0.924. The third-order valence-corrected chi connectivity index (χ3v) is 8.69. The van der Waals surface area contributed by atoms with Crippen LogP contribution in [0.1, 0.15) is 52.8 Å². The lowest BCUT2D eigenvalue weighted by atomic mass is 9.58. The van der Waals surface area contributed by atoms with Crippen molar-refractivity contribution in [1.82, 2.24) is 9.88 Å². The summed E-state index contributed by atoms with van der Waals surface area (Å²) in [7, 11) is 0. The van der Waals surface area contributed by atoms with E-state index in [1.165, 1.54) is 22.5 Å². The monoisotopic (exact) mass is 492 g/mol. The van der Waals surface area contributed by atoms with Gasteiger partial charge in [-0.1, -0.05) is 62.2 Å². The average molecular weight is 493 g/mol. The van der Waals surface area contributed by atoms with Gasteiger partial charge in [0.05, 0.1) is 25.7 Å². The Balaban J connectivity index is 1.43. The molecule has 174 valence electrons. The fraction of sp³-hybridized carbons (Fsp3) is 0.296. The van der Waals surface area contributed by atoms with Gasteiger partial charge in [-0.05, 0) is 41.8 Å². The molecular weight excluding hydrogens is 468 g/mol. The smallest absolute Gasteiger partial charge is 0.335 e. The quantitative estimate of drug-likeness (QED) is 0.421. The number of thiophene rings is 1.